The quantitative estimate of drug-likeness (QED) is 0.782. The number of nitrogens with zero attached hydrogens (tertiary/aromatic N) is 1. The number of rotatable bonds is 4. The highest BCUT2D eigenvalue weighted by Crippen LogP contribution is 2.21. The van der Waals surface area contributed by atoms with Crippen molar-refractivity contribution < 1.29 is 14.3 Å². The third-order valence-corrected chi connectivity index (χ3v) is 2.53. The molecule has 0 fully saturated rings. The zero-order valence-electron chi connectivity index (χ0n) is 11.9. The van der Waals surface area contributed by atoms with E-state index < -0.39 is 17.7 Å². The van der Waals surface area contributed by atoms with Gasteiger partial charge in [0.05, 0.1) is 6.04 Å². The molecule has 4 nitrogen and oxygen atoms in total. The summed E-state index contributed by atoms with van der Waals surface area (Å²) in [5, 5.41) is 0. The molecule has 1 amide bonds. The Hall–Kier alpha value is -1.84. The summed E-state index contributed by atoms with van der Waals surface area (Å²) >= 11 is 0. The molecule has 104 valence electrons. The van der Waals surface area contributed by atoms with Gasteiger partial charge in [0.2, 0.25) is 0 Å². The molecule has 19 heavy (non-hydrogen) atoms. The topological polar surface area (TPSA) is 46.6 Å². The summed E-state index contributed by atoms with van der Waals surface area (Å²) in [6.07, 6.45) is 0.812. The second kappa shape index (κ2) is 6.36. The lowest BCUT2D eigenvalue weighted by atomic mass is 10.1. The number of ether oxygens (including phenoxy) is 1. The van der Waals surface area contributed by atoms with Crippen LogP contribution in [0.3, 0.4) is 0 Å². The Bertz CT molecular complexity index is 423. The molecule has 1 unspecified atom stereocenters. The van der Waals surface area contributed by atoms with Crippen LogP contribution in [0.4, 0.5) is 10.5 Å². The fraction of sp³-hybridized carbons (Fsp3) is 0.467. The second-order valence-electron chi connectivity index (χ2n) is 5.30. The summed E-state index contributed by atoms with van der Waals surface area (Å²) in [6.45, 7) is 7.27. The Balaban J connectivity index is 3.06. The largest absolute Gasteiger partial charge is 0.443 e. The van der Waals surface area contributed by atoms with E-state index in [1.54, 1.807) is 32.9 Å². The molecule has 0 N–H and O–H groups in total. The zero-order chi connectivity index (χ0) is 14.5. The van der Waals surface area contributed by atoms with Crippen molar-refractivity contribution in [2.45, 2.75) is 45.8 Å². The van der Waals surface area contributed by atoms with Gasteiger partial charge >= 0.3 is 6.09 Å². The molecule has 0 spiro atoms. The molecular weight excluding hydrogens is 242 g/mol. The van der Waals surface area contributed by atoms with E-state index in [9.17, 15) is 9.59 Å². The Labute approximate surface area is 114 Å². The molecule has 1 atom stereocenters. The van der Waals surface area contributed by atoms with E-state index in [4.69, 9.17) is 4.74 Å². The number of hydrogen-bond donors (Lipinski definition) is 0. The fourth-order valence-corrected chi connectivity index (χ4v) is 1.67. The number of hydrogen-bond acceptors (Lipinski definition) is 3. The van der Waals surface area contributed by atoms with E-state index in [0.29, 0.717) is 12.1 Å². The Kier molecular flexibility index (Phi) is 5.10. The lowest BCUT2D eigenvalue weighted by Crippen LogP contribution is -2.44. The maximum Gasteiger partial charge on any atom is 0.415 e. The highest BCUT2D eigenvalue weighted by molar-refractivity contribution is 5.92. The Morgan fingerprint density at radius 1 is 1.32 bits per heavy atom. The first kappa shape index (κ1) is 15.2. The molecule has 0 aliphatic rings. The molecule has 1 aromatic carbocycles. The van der Waals surface area contributed by atoms with E-state index in [2.05, 4.69) is 0 Å². The highest BCUT2D eigenvalue weighted by atomic mass is 16.6. The van der Waals surface area contributed by atoms with E-state index in [0.717, 1.165) is 6.29 Å². The van der Waals surface area contributed by atoms with Gasteiger partial charge in [-0.1, -0.05) is 25.1 Å². The second-order valence-corrected chi connectivity index (χ2v) is 5.30. The average molecular weight is 263 g/mol. The smallest absolute Gasteiger partial charge is 0.415 e. The van der Waals surface area contributed by atoms with E-state index in [1.165, 1.54) is 4.90 Å². The molecule has 0 bridgehead atoms. The van der Waals surface area contributed by atoms with Crippen LogP contribution in [0.25, 0.3) is 0 Å². The van der Waals surface area contributed by atoms with Crippen molar-refractivity contribution in [3.05, 3.63) is 30.3 Å². The standard InChI is InChI=1S/C15H21NO3/c1-5-12(11-17)16(13-9-7-6-8-10-13)14(18)19-15(2,3)4/h6-12H,5H2,1-4H3. The predicted molar refractivity (Wildman–Crippen MR) is 75.3 cm³/mol. The maximum atomic E-state index is 12.3. The van der Waals surface area contributed by atoms with Gasteiger partial charge in [-0.2, -0.15) is 0 Å². The number of para-hydroxylation sites is 1. The van der Waals surface area contributed by atoms with Crippen LogP contribution >= 0.6 is 0 Å². The first-order valence-electron chi connectivity index (χ1n) is 6.41. The monoisotopic (exact) mass is 263 g/mol. The van der Waals surface area contributed by atoms with Crippen LogP contribution in [0.1, 0.15) is 34.1 Å². The highest BCUT2D eigenvalue weighted by Gasteiger charge is 2.28. The van der Waals surface area contributed by atoms with E-state index in [-0.39, 0.29) is 0 Å². The zero-order valence-corrected chi connectivity index (χ0v) is 11.9. The summed E-state index contributed by atoms with van der Waals surface area (Å²) in [7, 11) is 0. The number of carbonyl (C=O) groups is 2. The van der Waals surface area contributed by atoms with Gasteiger partial charge in [-0.15, -0.1) is 0 Å². The van der Waals surface area contributed by atoms with Crippen LogP contribution in [0, 0.1) is 0 Å². The Morgan fingerprint density at radius 3 is 2.32 bits per heavy atom. The summed E-state index contributed by atoms with van der Waals surface area (Å²) in [5.74, 6) is 0. The number of anilines is 1. The van der Waals surface area contributed by atoms with Crippen LogP contribution in [-0.4, -0.2) is 24.0 Å². The number of aldehydes is 1. The third-order valence-electron chi connectivity index (χ3n) is 2.53. The van der Waals surface area contributed by atoms with Crippen LogP contribution in [0.2, 0.25) is 0 Å². The van der Waals surface area contributed by atoms with Gasteiger partial charge in [-0.25, -0.2) is 4.79 Å². The predicted octanol–water partition coefficient (Wildman–Crippen LogP) is 3.41. The van der Waals surface area contributed by atoms with Crippen molar-refractivity contribution in [3.8, 4) is 0 Å². The molecule has 0 saturated carbocycles. The number of benzene rings is 1. The van der Waals surface area contributed by atoms with Crippen molar-refractivity contribution in [1.29, 1.82) is 0 Å². The van der Waals surface area contributed by atoms with Gasteiger partial charge in [0.25, 0.3) is 0 Å². The maximum absolute atomic E-state index is 12.3. The first-order valence-corrected chi connectivity index (χ1v) is 6.41. The molecule has 0 saturated heterocycles. The van der Waals surface area contributed by atoms with E-state index in [1.807, 2.05) is 25.1 Å². The minimum Gasteiger partial charge on any atom is -0.443 e. The summed E-state index contributed by atoms with van der Waals surface area (Å²) < 4.78 is 5.37. The summed E-state index contributed by atoms with van der Waals surface area (Å²) in [4.78, 5) is 24.8. The summed E-state index contributed by atoms with van der Waals surface area (Å²) in [6, 6.07) is 8.57. The van der Waals surface area contributed by atoms with Crippen molar-refractivity contribution in [1.82, 2.24) is 0 Å². The van der Waals surface area contributed by atoms with Crippen molar-refractivity contribution in [2.75, 3.05) is 4.90 Å². The lowest BCUT2D eigenvalue weighted by Gasteiger charge is -2.30. The van der Waals surface area contributed by atoms with Crippen molar-refractivity contribution in [3.63, 3.8) is 0 Å². The van der Waals surface area contributed by atoms with Crippen LogP contribution in [0.15, 0.2) is 30.3 Å². The third kappa shape index (κ3) is 4.39. The molecule has 0 aromatic heterocycles. The Morgan fingerprint density at radius 2 is 1.89 bits per heavy atom. The lowest BCUT2D eigenvalue weighted by molar-refractivity contribution is -0.109. The first-order chi connectivity index (χ1) is 8.89. The number of carbonyl (C=O) groups excluding carboxylic acids is 2. The van der Waals surface area contributed by atoms with Gasteiger partial charge in [0, 0.05) is 5.69 Å². The van der Waals surface area contributed by atoms with Gasteiger partial charge in [-0.05, 0) is 39.3 Å². The van der Waals surface area contributed by atoms with Gasteiger partial charge in [0.1, 0.15) is 11.9 Å². The normalized spacial score (nSPS) is 12.6. The minimum absolute atomic E-state index is 0.502. The molecule has 1 aromatic rings. The molecule has 0 radical (unpaired) electrons. The molecular formula is C15H21NO3. The fourth-order valence-electron chi connectivity index (χ4n) is 1.67. The SMILES string of the molecule is CCC(C=O)N(C(=O)OC(C)(C)C)c1ccccc1. The van der Waals surface area contributed by atoms with Gasteiger partial charge in [0.15, 0.2) is 0 Å². The molecule has 0 aliphatic heterocycles. The summed E-state index contributed by atoms with van der Waals surface area (Å²) in [5.41, 5.74) is 0.0707. The minimum atomic E-state index is -0.592. The molecule has 4 heteroatoms. The van der Waals surface area contributed by atoms with Crippen molar-refractivity contribution in [2.24, 2.45) is 0 Å². The molecule has 1 rings (SSSR count). The number of amides is 1. The van der Waals surface area contributed by atoms with Crippen LogP contribution in [-0.2, 0) is 9.53 Å². The average Bonchev–Trinajstić information content (AvgIpc) is 2.34. The van der Waals surface area contributed by atoms with Gasteiger partial charge in [-0.3, -0.25) is 4.90 Å². The molecule has 0 heterocycles. The van der Waals surface area contributed by atoms with Crippen LogP contribution in [0.5, 0.6) is 0 Å². The van der Waals surface area contributed by atoms with Gasteiger partial charge < -0.3 is 9.53 Å². The molecule has 0 aliphatic carbocycles. The van der Waals surface area contributed by atoms with E-state index >= 15 is 0 Å². The van der Waals surface area contributed by atoms with Crippen LogP contribution < -0.4 is 4.90 Å². The van der Waals surface area contributed by atoms with Crippen molar-refractivity contribution >= 4 is 18.1 Å².